The molecule has 0 aromatic heterocycles. The molecule has 0 aromatic rings. The number of carbonyl (C=O) groups is 2. The number of rotatable bonds is 5. The first-order valence-electron chi connectivity index (χ1n) is 6.07. The van der Waals surface area contributed by atoms with Crippen molar-refractivity contribution in [1.29, 1.82) is 0 Å². The summed E-state index contributed by atoms with van der Waals surface area (Å²) in [7, 11) is 1.88. The van der Waals surface area contributed by atoms with Crippen molar-refractivity contribution >= 4 is 11.8 Å². The highest BCUT2D eigenvalue weighted by atomic mass is 16.2. The molecule has 1 rings (SSSR count). The fourth-order valence-electron chi connectivity index (χ4n) is 2.08. The minimum absolute atomic E-state index is 0.00987. The molecule has 0 saturated carbocycles. The highest BCUT2D eigenvalue weighted by Gasteiger charge is 2.28. The molecular weight excluding hydrogens is 218 g/mol. The number of hydrogen-bond donors (Lipinski definition) is 1. The Morgan fingerprint density at radius 1 is 1.53 bits per heavy atom. The van der Waals surface area contributed by atoms with Crippen molar-refractivity contribution in [2.24, 2.45) is 11.1 Å². The van der Waals surface area contributed by atoms with E-state index in [1.54, 1.807) is 0 Å². The average molecular weight is 241 g/mol. The second-order valence-corrected chi connectivity index (χ2v) is 5.58. The molecule has 17 heavy (non-hydrogen) atoms. The van der Waals surface area contributed by atoms with Gasteiger partial charge >= 0.3 is 0 Å². The van der Waals surface area contributed by atoms with Gasteiger partial charge < -0.3 is 5.73 Å². The molecule has 2 amide bonds. The van der Waals surface area contributed by atoms with E-state index in [0.29, 0.717) is 19.5 Å². The first-order valence-corrected chi connectivity index (χ1v) is 6.07. The highest BCUT2D eigenvalue weighted by Crippen LogP contribution is 2.15. The third-order valence-electron chi connectivity index (χ3n) is 3.03. The number of carbonyl (C=O) groups excluding carboxylic acids is 2. The molecule has 2 N–H and O–H groups in total. The van der Waals surface area contributed by atoms with Gasteiger partial charge in [0.05, 0.1) is 6.54 Å². The van der Waals surface area contributed by atoms with Crippen molar-refractivity contribution in [1.82, 2.24) is 9.80 Å². The van der Waals surface area contributed by atoms with Crippen molar-refractivity contribution in [3.63, 3.8) is 0 Å². The largest absolute Gasteiger partial charge is 0.330 e. The molecule has 1 fully saturated rings. The SMILES string of the molecule is CN(CC(=O)N1CCCC1=O)CC(C)(C)CN. The lowest BCUT2D eigenvalue weighted by atomic mass is 9.93. The molecule has 0 atom stereocenters. The van der Waals surface area contributed by atoms with Gasteiger partial charge in [-0.1, -0.05) is 13.8 Å². The normalized spacial score (nSPS) is 17.0. The molecule has 0 radical (unpaired) electrons. The summed E-state index contributed by atoms with van der Waals surface area (Å²) in [5, 5.41) is 0. The van der Waals surface area contributed by atoms with Crippen LogP contribution in [0.25, 0.3) is 0 Å². The zero-order chi connectivity index (χ0) is 13.1. The monoisotopic (exact) mass is 241 g/mol. The Hall–Kier alpha value is -0.940. The van der Waals surface area contributed by atoms with Crippen molar-refractivity contribution in [2.45, 2.75) is 26.7 Å². The number of likely N-dealkylation sites (N-methyl/N-ethyl adjacent to an activating group) is 1. The van der Waals surface area contributed by atoms with Crippen molar-refractivity contribution in [2.75, 3.05) is 33.2 Å². The van der Waals surface area contributed by atoms with Crippen LogP contribution in [0.2, 0.25) is 0 Å². The van der Waals surface area contributed by atoms with Crippen molar-refractivity contribution in [3.8, 4) is 0 Å². The Bertz CT molecular complexity index is 302. The molecule has 0 unspecified atom stereocenters. The first-order chi connectivity index (χ1) is 7.85. The highest BCUT2D eigenvalue weighted by molar-refractivity contribution is 5.97. The van der Waals surface area contributed by atoms with Crippen molar-refractivity contribution < 1.29 is 9.59 Å². The quantitative estimate of drug-likeness (QED) is 0.738. The standard InChI is InChI=1S/C12H23N3O2/c1-12(2,8-13)9-14(3)7-11(17)15-6-4-5-10(15)16/h4-9,13H2,1-3H3. The summed E-state index contributed by atoms with van der Waals surface area (Å²) in [6, 6.07) is 0. The van der Waals surface area contributed by atoms with Crippen LogP contribution in [-0.2, 0) is 9.59 Å². The lowest BCUT2D eigenvalue weighted by Gasteiger charge is -2.29. The number of amides is 2. The minimum atomic E-state index is -0.0946. The molecule has 1 heterocycles. The van der Waals surface area contributed by atoms with E-state index in [1.165, 1.54) is 4.90 Å². The van der Waals surface area contributed by atoms with E-state index in [0.717, 1.165) is 13.0 Å². The lowest BCUT2D eigenvalue weighted by Crippen LogP contribution is -2.43. The van der Waals surface area contributed by atoms with E-state index in [4.69, 9.17) is 5.73 Å². The predicted molar refractivity (Wildman–Crippen MR) is 66.3 cm³/mol. The molecule has 5 nitrogen and oxygen atoms in total. The fraction of sp³-hybridized carbons (Fsp3) is 0.833. The number of likely N-dealkylation sites (tertiary alicyclic amines) is 1. The summed E-state index contributed by atoms with van der Waals surface area (Å²) >= 11 is 0. The van der Waals surface area contributed by atoms with Gasteiger partial charge in [-0.3, -0.25) is 19.4 Å². The zero-order valence-corrected chi connectivity index (χ0v) is 11.0. The van der Waals surface area contributed by atoms with E-state index >= 15 is 0 Å². The Morgan fingerprint density at radius 3 is 2.65 bits per heavy atom. The Balaban J connectivity index is 2.43. The van der Waals surface area contributed by atoms with Crippen LogP contribution < -0.4 is 5.73 Å². The molecule has 1 saturated heterocycles. The van der Waals surface area contributed by atoms with Gasteiger partial charge in [0.2, 0.25) is 11.8 Å². The molecule has 0 aliphatic carbocycles. The second-order valence-electron chi connectivity index (χ2n) is 5.58. The summed E-state index contributed by atoms with van der Waals surface area (Å²) in [5.74, 6) is -0.135. The van der Waals surface area contributed by atoms with Crippen LogP contribution in [0.4, 0.5) is 0 Å². The summed E-state index contributed by atoms with van der Waals surface area (Å²) in [6.07, 6.45) is 1.30. The molecule has 98 valence electrons. The maximum atomic E-state index is 11.9. The maximum Gasteiger partial charge on any atom is 0.243 e. The predicted octanol–water partition coefficient (Wildman–Crippen LogP) is 0.0521. The van der Waals surface area contributed by atoms with E-state index in [2.05, 4.69) is 13.8 Å². The topological polar surface area (TPSA) is 66.6 Å². The lowest BCUT2D eigenvalue weighted by molar-refractivity contribution is -0.142. The van der Waals surface area contributed by atoms with Crippen LogP contribution in [0.5, 0.6) is 0 Å². The van der Waals surface area contributed by atoms with Gasteiger partial charge in [0.15, 0.2) is 0 Å². The summed E-state index contributed by atoms with van der Waals surface area (Å²) in [5.41, 5.74) is 5.64. The van der Waals surface area contributed by atoms with Gasteiger partial charge in [-0.2, -0.15) is 0 Å². The van der Waals surface area contributed by atoms with Gasteiger partial charge in [-0.15, -0.1) is 0 Å². The fourth-order valence-corrected chi connectivity index (χ4v) is 2.08. The van der Waals surface area contributed by atoms with E-state index in [1.807, 2.05) is 11.9 Å². The number of imide groups is 1. The maximum absolute atomic E-state index is 11.9. The Labute approximate surface area is 103 Å². The average Bonchev–Trinajstić information content (AvgIpc) is 2.63. The molecule has 1 aliphatic heterocycles. The van der Waals surface area contributed by atoms with Gasteiger partial charge in [0.25, 0.3) is 0 Å². The molecule has 0 bridgehead atoms. The summed E-state index contributed by atoms with van der Waals surface area (Å²) < 4.78 is 0. The van der Waals surface area contributed by atoms with Crippen LogP contribution >= 0.6 is 0 Å². The molecule has 1 aliphatic rings. The van der Waals surface area contributed by atoms with Gasteiger partial charge in [0.1, 0.15) is 0 Å². The van der Waals surface area contributed by atoms with E-state index in [-0.39, 0.29) is 23.8 Å². The molecule has 0 spiro atoms. The number of hydrogen-bond acceptors (Lipinski definition) is 4. The minimum Gasteiger partial charge on any atom is -0.330 e. The van der Waals surface area contributed by atoms with E-state index in [9.17, 15) is 9.59 Å². The molecular formula is C12H23N3O2. The smallest absolute Gasteiger partial charge is 0.243 e. The molecule has 5 heteroatoms. The Morgan fingerprint density at radius 2 is 2.18 bits per heavy atom. The number of nitrogens with two attached hydrogens (primary N) is 1. The number of nitrogens with zero attached hydrogens (tertiary/aromatic N) is 2. The van der Waals surface area contributed by atoms with Crippen molar-refractivity contribution in [3.05, 3.63) is 0 Å². The van der Waals surface area contributed by atoms with Crippen LogP contribution in [-0.4, -0.2) is 54.8 Å². The van der Waals surface area contributed by atoms with Crippen LogP contribution in [0.3, 0.4) is 0 Å². The van der Waals surface area contributed by atoms with Gasteiger partial charge in [-0.25, -0.2) is 0 Å². The van der Waals surface area contributed by atoms with Gasteiger partial charge in [0, 0.05) is 19.5 Å². The van der Waals surface area contributed by atoms with Crippen LogP contribution in [0.1, 0.15) is 26.7 Å². The first kappa shape index (κ1) is 14.1. The third-order valence-corrected chi connectivity index (χ3v) is 3.03. The zero-order valence-electron chi connectivity index (χ0n) is 11.0. The van der Waals surface area contributed by atoms with Crippen LogP contribution in [0.15, 0.2) is 0 Å². The van der Waals surface area contributed by atoms with Crippen LogP contribution in [0, 0.1) is 5.41 Å². The molecule has 0 aromatic carbocycles. The summed E-state index contributed by atoms with van der Waals surface area (Å²) in [6.45, 7) is 6.32. The van der Waals surface area contributed by atoms with Gasteiger partial charge in [-0.05, 0) is 25.4 Å². The van der Waals surface area contributed by atoms with E-state index < -0.39 is 0 Å². The third kappa shape index (κ3) is 4.09. The second kappa shape index (κ2) is 5.60. The summed E-state index contributed by atoms with van der Waals surface area (Å²) in [4.78, 5) is 26.6. The Kier molecular flexibility index (Phi) is 4.65.